The molecule has 1 saturated carbocycles. The third kappa shape index (κ3) is 2.83. The third-order valence-corrected chi connectivity index (χ3v) is 4.45. The Kier molecular flexibility index (Phi) is 3.43. The lowest BCUT2D eigenvalue weighted by Crippen LogP contribution is -2.47. The lowest BCUT2D eigenvalue weighted by Gasteiger charge is -2.35. The lowest BCUT2D eigenvalue weighted by atomic mass is 10.0. The highest BCUT2D eigenvalue weighted by Crippen LogP contribution is 2.24. The number of aromatic nitrogens is 3. The van der Waals surface area contributed by atoms with Gasteiger partial charge in [-0.1, -0.05) is 12.1 Å². The van der Waals surface area contributed by atoms with Gasteiger partial charge in [0.1, 0.15) is 5.52 Å². The van der Waals surface area contributed by atoms with Crippen LogP contribution in [0.5, 0.6) is 0 Å². The predicted molar refractivity (Wildman–Crippen MR) is 83.3 cm³/mol. The number of nitrogens with zero attached hydrogens (tertiary/aromatic N) is 4. The van der Waals surface area contributed by atoms with Crippen molar-refractivity contribution in [3.63, 3.8) is 0 Å². The van der Waals surface area contributed by atoms with E-state index in [1.54, 1.807) is 0 Å². The maximum atomic E-state index is 4.72. The van der Waals surface area contributed by atoms with Gasteiger partial charge in [-0.25, -0.2) is 4.98 Å². The first-order valence-electron chi connectivity index (χ1n) is 8.00. The summed E-state index contributed by atoms with van der Waals surface area (Å²) >= 11 is 0. The maximum Gasteiger partial charge on any atom is 0.246 e. The quantitative estimate of drug-likeness (QED) is 0.931. The van der Waals surface area contributed by atoms with E-state index < -0.39 is 0 Å². The van der Waals surface area contributed by atoms with Crippen molar-refractivity contribution in [1.82, 2.24) is 20.5 Å². The van der Waals surface area contributed by atoms with Gasteiger partial charge in [-0.3, -0.25) is 0 Å². The minimum Gasteiger partial charge on any atom is -0.335 e. The molecule has 2 heterocycles. The minimum absolute atomic E-state index is 0.502. The normalized spacial score (nSPS) is 22.7. The second kappa shape index (κ2) is 5.56. The van der Waals surface area contributed by atoms with Gasteiger partial charge in [0, 0.05) is 25.2 Å². The highest BCUT2D eigenvalue weighted by atomic mass is 15.3. The Morgan fingerprint density at radius 1 is 1.05 bits per heavy atom. The van der Waals surface area contributed by atoms with Gasteiger partial charge in [0.05, 0.1) is 5.52 Å². The zero-order valence-electron chi connectivity index (χ0n) is 12.2. The van der Waals surface area contributed by atoms with Gasteiger partial charge >= 0.3 is 0 Å². The smallest absolute Gasteiger partial charge is 0.246 e. The highest BCUT2D eigenvalue weighted by molar-refractivity contribution is 5.74. The Morgan fingerprint density at radius 2 is 1.90 bits per heavy atom. The van der Waals surface area contributed by atoms with Crippen LogP contribution >= 0.6 is 0 Å². The van der Waals surface area contributed by atoms with E-state index in [1.165, 1.54) is 32.1 Å². The molecule has 1 aliphatic heterocycles. The van der Waals surface area contributed by atoms with E-state index in [0.29, 0.717) is 6.04 Å². The van der Waals surface area contributed by atoms with E-state index >= 15 is 0 Å². The number of rotatable bonds is 4. The van der Waals surface area contributed by atoms with E-state index in [4.69, 9.17) is 4.98 Å². The average Bonchev–Trinajstić information content (AvgIpc) is 3.37. The summed E-state index contributed by atoms with van der Waals surface area (Å²) in [5.41, 5.74) is 1.80. The lowest BCUT2D eigenvalue weighted by molar-refractivity contribution is 0.428. The second-order valence-corrected chi connectivity index (χ2v) is 6.13. The van der Waals surface area contributed by atoms with Crippen LogP contribution in [0.4, 0.5) is 5.95 Å². The van der Waals surface area contributed by atoms with E-state index in [1.807, 2.05) is 24.3 Å². The van der Waals surface area contributed by atoms with Crippen molar-refractivity contribution in [1.29, 1.82) is 0 Å². The molecule has 2 aromatic rings. The molecule has 110 valence electrons. The van der Waals surface area contributed by atoms with Crippen LogP contribution in [0.15, 0.2) is 24.3 Å². The number of hydrogen-bond donors (Lipinski definition) is 1. The topological polar surface area (TPSA) is 53.9 Å². The monoisotopic (exact) mass is 283 g/mol. The number of hydrogen-bond acceptors (Lipinski definition) is 5. The molecule has 2 fully saturated rings. The molecule has 1 aliphatic carbocycles. The summed E-state index contributed by atoms with van der Waals surface area (Å²) in [5, 5.41) is 12.3. The first kappa shape index (κ1) is 13.0. The molecule has 5 heteroatoms. The fraction of sp³-hybridized carbons (Fsp3) is 0.562. The van der Waals surface area contributed by atoms with Gasteiger partial charge in [-0.05, 0) is 44.2 Å². The fourth-order valence-corrected chi connectivity index (χ4v) is 3.06. The Morgan fingerprint density at radius 3 is 2.76 bits per heavy atom. The number of para-hydroxylation sites is 1. The van der Waals surface area contributed by atoms with Gasteiger partial charge in [0.2, 0.25) is 5.95 Å². The third-order valence-electron chi connectivity index (χ3n) is 4.45. The molecular weight excluding hydrogens is 262 g/mol. The van der Waals surface area contributed by atoms with Crippen molar-refractivity contribution in [3.8, 4) is 0 Å². The molecule has 0 radical (unpaired) electrons. The van der Waals surface area contributed by atoms with Crippen molar-refractivity contribution in [2.24, 2.45) is 0 Å². The van der Waals surface area contributed by atoms with Crippen molar-refractivity contribution in [2.45, 2.75) is 44.2 Å². The number of benzene rings is 1. The van der Waals surface area contributed by atoms with E-state index in [-0.39, 0.29) is 0 Å². The molecule has 0 spiro atoms. The summed E-state index contributed by atoms with van der Waals surface area (Å²) in [5.74, 6) is 0.788. The van der Waals surface area contributed by atoms with Gasteiger partial charge in [-0.2, -0.15) is 0 Å². The second-order valence-electron chi connectivity index (χ2n) is 6.13. The largest absolute Gasteiger partial charge is 0.335 e. The number of fused-ring (bicyclic) bond motifs is 1. The summed E-state index contributed by atoms with van der Waals surface area (Å²) < 4.78 is 0. The molecule has 21 heavy (non-hydrogen) atoms. The summed E-state index contributed by atoms with van der Waals surface area (Å²) in [6.07, 6.45) is 6.40. The van der Waals surface area contributed by atoms with Crippen LogP contribution in [0.1, 0.15) is 32.1 Å². The van der Waals surface area contributed by atoms with Crippen molar-refractivity contribution < 1.29 is 0 Å². The Bertz CT molecular complexity index is 625. The number of nitrogens with one attached hydrogen (secondary N) is 1. The zero-order chi connectivity index (χ0) is 14.1. The van der Waals surface area contributed by atoms with Crippen molar-refractivity contribution in [3.05, 3.63) is 24.3 Å². The molecule has 4 rings (SSSR count). The molecule has 1 aromatic heterocycles. The maximum absolute atomic E-state index is 4.72. The van der Waals surface area contributed by atoms with Crippen LogP contribution in [-0.2, 0) is 0 Å². The van der Waals surface area contributed by atoms with Gasteiger partial charge in [0.25, 0.3) is 0 Å². The standard InChI is InChI=1S/C16H21N5/c1-2-7-15-14(6-1)18-16(20-19-15)21-10-4-3-5-13(21)11-17-12-8-9-12/h1-2,6-7,12-13,17H,3-5,8-11H2. The van der Waals surface area contributed by atoms with Crippen LogP contribution in [0.2, 0.25) is 0 Å². The van der Waals surface area contributed by atoms with Crippen LogP contribution < -0.4 is 10.2 Å². The molecule has 1 N–H and O–H groups in total. The zero-order valence-corrected chi connectivity index (χ0v) is 12.2. The summed E-state index contributed by atoms with van der Waals surface area (Å²) in [6, 6.07) is 9.20. The van der Waals surface area contributed by atoms with Crippen molar-refractivity contribution >= 4 is 17.0 Å². The Balaban J connectivity index is 1.57. The predicted octanol–water partition coefficient (Wildman–Crippen LogP) is 2.14. The molecule has 0 amide bonds. The first-order chi connectivity index (χ1) is 10.4. The molecule has 1 aromatic carbocycles. The first-order valence-corrected chi connectivity index (χ1v) is 8.00. The minimum atomic E-state index is 0.502. The average molecular weight is 283 g/mol. The Labute approximate surface area is 124 Å². The Hall–Kier alpha value is -1.75. The molecule has 1 unspecified atom stereocenters. The fourth-order valence-electron chi connectivity index (χ4n) is 3.06. The van der Waals surface area contributed by atoms with E-state index in [2.05, 4.69) is 20.4 Å². The molecule has 2 aliphatic rings. The molecular formula is C16H21N5. The van der Waals surface area contributed by atoms with Crippen LogP contribution in [0, 0.1) is 0 Å². The molecule has 1 saturated heterocycles. The van der Waals surface area contributed by atoms with Crippen LogP contribution in [-0.4, -0.2) is 40.4 Å². The van der Waals surface area contributed by atoms with Gasteiger partial charge in [0.15, 0.2) is 0 Å². The molecule has 0 bridgehead atoms. The summed E-state index contributed by atoms with van der Waals surface area (Å²) in [7, 11) is 0. The van der Waals surface area contributed by atoms with Crippen LogP contribution in [0.25, 0.3) is 11.0 Å². The van der Waals surface area contributed by atoms with E-state index in [9.17, 15) is 0 Å². The van der Waals surface area contributed by atoms with Gasteiger partial charge in [-0.15, -0.1) is 10.2 Å². The summed E-state index contributed by atoms with van der Waals surface area (Å²) in [6.45, 7) is 2.08. The molecule has 1 atom stereocenters. The SMILES string of the molecule is c1ccc2nc(N3CCCCC3CNC3CC3)nnc2c1. The van der Waals surface area contributed by atoms with Crippen molar-refractivity contribution in [2.75, 3.05) is 18.0 Å². The number of anilines is 1. The van der Waals surface area contributed by atoms with Gasteiger partial charge < -0.3 is 10.2 Å². The highest BCUT2D eigenvalue weighted by Gasteiger charge is 2.28. The number of piperidine rings is 1. The molecule has 5 nitrogen and oxygen atoms in total. The summed E-state index contributed by atoms with van der Waals surface area (Å²) in [4.78, 5) is 7.06. The van der Waals surface area contributed by atoms with Crippen LogP contribution in [0.3, 0.4) is 0 Å². The van der Waals surface area contributed by atoms with E-state index in [0.717, 1.165) is 36.1 Å².